The molecule has 136 valence electrons. The number of carbonyl (C=O) groups excluding carboxylic acids is 1. The van der Waals surface area contributed by atoms with Crippen molar-refractivity contribution in [3.05, 3.63) is 63.6 Å². The number of hydrogen-bond acceptors (Lipinski definition) is 4. The molecule has 8 heteroatoms. The summed E-state index contributed by atoms with van der Waals surface area (Å²) in [5.41, 5.74) is 0.641. The predicted octanol–water partition coefficient (Wildman–Crippen LogP) is 3.84. The number of esters is 1. The molecule has 0 unspecified atom stereocenters. The van der Waals surface area contributed by atoms with Crippen LogP contribution in [0.5, 0.6) is 0 Å². The van der Waals surface area contributed by atoms with Crippen LogP contribution in [0, 0.1) is 0 Å². The van der Waals surface area contributed by atoms with Crippen molar-refractivity contribution in [3.63, 3.8) is 0 Å². The molecule has 0 radical (unpaired) electrons. The molecule has 0 amide bonds. The van der Waals surface area contributed by atoms with E-state index in [1.165, 1.54) is 16.4 Å². The molecule has 2 aliphatic rings. The lowest BCUT2D eigenvalue weighted by Gasteiger charge is -2.38. The van der Waals surface area contributed by atoms with E-state index in [2.05, 4.69) is 0 Å². The Hall–Kier alpha value is -1.60. The Morgan fingerprint density at radius 2 is 1.73 bits per heavy atom. The third kappa shape index (κ3) is 2.72. The summed E-state index contributed by atoms with van der Waals surface area (Å²) in [6.45, 7) is 0.458. The van der Waals surface area contributed by atoms with Gasteiger partial charge in [-0.3, -0.25) is 0 Å². The molecule has 1 spiro atoms. The highest BCUT2D eigenvalue weighted by Crippen LogP contribution is 2.45. The summed E-state index contributed by atoms with van der Waals surface area (Å²) in [5.74, 6) is -0.352. The number of hydrogen-bond donors (Lipinski definition) is 0. The molecule has 1 saturated heterocycles. The first-order chi connectivity index (χ1) is 12.3. The van der Waals surface area contributed by atoms with Crippen molar-refractivity contribution in [2.75, 3.05) is 13.1 Å². The molecule has 0 aromatic heterocycles. The summed E-state index contributed by atoms with van der Waals surface area (Å²) < 4.78 is 32.9. The van der Waals surface area contributed by atoms with Crippen molar-refractivity contribution in [2.24, 2.45) is 0 Å². The van der Waals surface area contributed by atoms with Crippen LogP contribution >= 0.6 is 23.2 Å². The molecule has 0 N–H and O–H groups in total. The van der Waals surface area contributed by atoms with Crippen LogP contribution in [0.2, 0.25) is 10.0 Å². The minimum Gasteiger partial charge on any atom is -0.450 e. The number of ether oxygens (including phenoxy) is 1. The van der Waals surface area contributed by atoms with E-state index >= 15 is 0 Å². The van der Waals surface area contributed by atoms with E-state index < -0.39 is 15.6 Å². The Balaban J connectivity index is 1.62. The second kappa shape index (κ2) is 6.23. The number of piperidine rings is 1. The number of rotatable bonds is 2. The van der Waals surface area contributed by atoms with Crippen molar-refractivity contribution >= 4 is 39.2 Å². The molecule has 4 rings (SSSR count). The lowest BCUT2D eigenvalue weighted by molar-refractivity contribution is -0.0329. The third-order valence-electron chi connectivity index (χ3n) is 4.97. The standard InChI is InChI=1S/C18H15Cl2NO4S/c19-12-5-6-15(20)16(11-12)26(23,24)21-9-7-18(8-10-21)14-4-2-1-3-13(14)17(22)25-18/h1-6,11H,7-10H2. The highest BCUT2D eigenvalue weighted by Gasteiger charge is 2.48. The maximum atomic E-state index is 12.9. The lowest BCUT2D eigenvalue weighted by atomic mass is 9.84. The second-order valence-electron chi connectivity index (χ2n) is 6.41. The van der Waals surface area contributed by atoms with Crippen LogP contribution in [0.3, 0.4) is 0 Å². The van der Waals surface area contributed by atoms with E-state index in [1.807, 2.05) is 12.1 Å². The van der Waals surface area contributed by atoms with Crippen molar-refractivity contribution in [3.8, 4) is 0 Å². The predicted molar refractivity (Wildman–Crippen MR) is 98.0 cm³/mol. The molecule has 2 heterocycles. The fraction of sp³-hybridized carbons (Fsp3) is 0.278. The fourth-order valence-corrected chi connectivity index (χ4v) is 5.80. The van der Waals surface area contributed by atoms with Crippen LogP contribution in [0.4, 0.5) is 0 Å². The number of halogens is 2. The molecular formula is C18H15Cl2NO4S. The third-order valence-corrected chi connectivity index (χ3v) is 7.58. The van der Waals surface area contributed by atoms with E-state index in [0.29, 0.717) is 23.4 Å². The van der Waals surface area contributed by atoms with Crippen molar-refractivity contribution < 1.29 is 17.9 Å². The monoisotopic (exact) mass is 411 g/mol. The molecule has 0 saturated carbocycles. The minimum atomic E-state index is -3.78. The van der Waals surface area contributed by atoms with Crippen LogP contribution in [0.25, 0.3) is 0 Å². The Morgan fingerprint density at radius 3 is 2.46 bits per heavy atom. The van der Waals surface area contributed by atoms with Gasteiger partial charge in [-0.05, 0) is 24.3 Å². The van der Waals surface area contributed by atoms with Crippen LogP contribution < -0.4 is 0 Å². The van der Waals surface area contributed by atoms with Gasteiger partial charge in [-0.15, -0.1) is 0 Å². The number of nitrogens with zero attached hydrogens (tertiary/aromatic N) is 1. The fourth-order valence-electron chi connectivity index (χ4n) is 3.62. The SMILES string of the molecule is O=C1OC2(CCN(S(=O)(=O)c3cc(Cl)ccc3Cl)CC2)c2ccccc21. The van der Waals surface area contributed by atoms with Gasteiger partial charge in [0.25, 0.3) is 0 Å². The van der Waals surface area contributed by atoms with Crippen molar-refractivity contribution in [1.29, 1.82) is 0 Å². The van der Waals surface area contributed by atoms with Gasteiger partial charge >= 0.3 is 5.97 Å². The van der Waals surface area contributed by atoms with Gasteiger partial charge in [0, 0.05) is 36.5 Å². The van der Waals surface area contributed by atoms with Gasteiger partial charge in [0.2, 0.25) is 10.0 Å². The summed E-state index contributed by atoms with van der Waals surface area (Å²) >= 11 is 12.0. The van der Waals surface area contributed by atoms with E-state index in [4.69, 9.17) is 27.9 Å². The summed E-state index contributed by atoms with van der Waals surface area (Å²) in [6.07, 6.45) is 0.792. The maximum Gasteiger partial charge on any atom is 0.339 e. The van der Waals surface area contributed by atoms with Crippen LogP contribution in [-0.4, -0.2) is 31.8 Å². The van der Waals surface area contributed by atoms with Gasteiger partial charge in [0.05, 0.1) is 10.6 Å². The molecule has 2 aromatic carbocycles. The number of fused-ring (bicyclic) bond motifs is 2. The zero-order valence-electron chi connectivity index (χ0n) is 13.6. The quantitative estimate of drug-likeness (QED) is 0.704. The zero-order chi connectivity index (χ0) is 18.5. The van der Waals surface area contributed by atoms with Crippen LogP contribution in [0.1, 0.15) is 28.8 Å². The summed E-state index contributed by atoms with van der Waals surface area (Å²) in [5, 5.41) is 0.437. The molecule has 0 aliphatic carbocycles. The molecule has 26 heavy (non-hydrogen) atoms. The highest BCUT2D eigenvalue weighted by molar-refractivity contribution is 7.89. The Labute approximate surface area is 161 Å². The Kier molecular flexibility index (Phi) is 4.27. The highest BCUT2D eigenvalue weighted by atomic mass is 35.5. The van der Waals surface area contributed by atoms with Crippen molar-refractivity contribution in [2.45, 2.75) is 23.3 Å². The number of benzene rings is 2. The van der Waals surface area contributed by atoms with Crippen molar-refractivity contribution in [1.82, 2.24) is 4.31 Å². The molecule has 0 bridgehead atoms. The zero-order valence-corrected chi connectivity index (χ0v) is 15.9. The molecule has 2 aromatic rings. The molecule has 5 nitrogen and oxygen atoms in total. The normalized spacial score (nSPS) is 19.4. The minimum absolute atomic E-state index is 0.00793. The average Bonchev–Trinajstić information content (AvgIpc) is 2.90. The van der Waals surface area contributed by atoms with Gasteiger partial charge in [-0.1, -0.05) is 41.4 Å². The summed E-state index contributed by atoms with van der Waals surface area (Å²) in [7, 11) is -3.78. The van der Waals surface area contributed by atoms with Crippen LogP contribution in [0.15, 0.2) is 47.4 Å². The molecule has 2 aliphatic heterocycles. The van der Waals surface area contributed by atoms with Gasteiger partial charge < -0.3 is 4.74 Å². The first-order valence-electron chi connectivity index (χ1n) is 8.12. The first kappa shape index (κ1) is 17.8. The molecular weight excluding hydrogens is 397 g/mol. The van der Waals surface area contributed by atoms with E-state index in [0.717, 1.165) is 5.56 Å². The van der Waals surface area contributed by atoms with Gasteiger partial charge in [0.15, 0.2) is 0 Å². The molecule has 0 atom stereocenters. The number of sulfonamides is 1. The van der Waals surface area contributed by atoms with E-state index in [1.54, 1.807) is 18.2 Å². The largest absolute Gasteiger partial charge is 0.450 e. The summed E-state index contributed by atoms with van der Waals surface area (Å²) in [4.78, 5) is 12.1. The lowest BCUT2D eigenvalue weighted by Crippen LogP contribution is -2.45. The maximum absolute atomic E-state index is 12.9. The van der Waals surface area contributed by atoms with E-state index in [9.17, 15) is 13.2 Å². The number of carbonyl (C=O) groups is 1. The smallest absolute Gasteiger partial charge is 0.339 e. The second-order valence-corrected chi connectivity index (χ2v) is 9.16. The van der Waals surface area contributed by atoms with Crippen LogP contribution in [-0.2, 0) is 20.4 Å². The van der Waals surface area contributed by atoms with Gasteiger partial charge in [-0.25, -0.2) is 13.2 Å². The van der Waals surface area contributed by atoms with E-state index in [-0.39, 0.29) is 29.0 Å². The van der Waals surface area contributed by atoms with Gasteiger partial charge in [0.1, 0.15) is 10.5 Å². The Bertz CT molecular complexity index is 998. The summed E-state index contributed by atoms with van der Waals surface area (Å²) in [6, 6.07) is 11.6. The first-order valence-corrected chi connectivity index (χ1v) is 10.3. The average molecular weight is 412 g/mol. The Morgan fingerprint density at radius 1 is 1.04 bits per heavy atom. The topological polar surface area (TPSA) is 63.7 Å². The van der Waals surface area contributed by atoms with Gasteiger partial charge in [-0.2, -0.15) is 4.31 Å². The molecule has 1 fully saturated rings.